The highest BCUT2D eigenvalue weighted by Gasteiger charge is 2.48. The fourth-order valence-corrected chi connectivity index (χ4v) is 2.05. The van der Waals surface area contributed by atoms with Crippen LogP contribution in [-0.2, 0) is 24.7 Å². The van der Waals surface area contributed by atoms with Gasteiger partial charge in [0.2, 0.25) is 11.6 Å². The van der Waals surface area contributed by atoms with Gasteiger partial charge in [0.25, 0.3) is 5.78 Å². The van der Waals surface area contributed by atoms with Crippen LogP contribution in [0.1, 0.15) is 19.4 Å². The van der Waals surface area contributed by atoms with E-state index in [4.69, 9.17) is 26.8 Å². The first-order valence-electron chi connectivity index (χ1n) is 5.52. The van der Waals surface area contributed by atoms with Gasteiger partial charge in [0.15, 0.2) is 5.60 Å². The molecular formula is C13H12ClNO4. The summed E-state index contributed by atoms with van der Waals surface area (Å²) in [5, 5.41) is 0.467. The Hall–Kier alpha value is -2.01. The monoisotopic (exact) mass is 281 g/mol. The number of carbonyl (C=O) groups is 2. The van der Waals surface area contributed by atoms with Crippen LogP contribution in [0.4, 0.5) is 0 Å². The van der Waals surface area contributed by atoms with E-state index in [1.165, 1.54) is 6.92 Å². The van der Waals surface area contributed by atoms with Crippen molar-refractivity contribution < 1.29 is 19.1 Å². The summed E-state index contributed by atoms with van der Waals surface area (Å²) in [5.41, 5.74) is 4.80. The Morgan fingerprint density at radius 3 is 2.74 bits per heavy atom. The fourth-order valence-electron chi connectivity index (χ4n) is 1.86. The maximum Gasteiger partial charge on any atom is 0.308 e. The lowest BCUT2D eigenvalue weighted by atomic mass is 9.92. The predicted octanol–water partition coefficient (Wildman–Crippen LogP) is 1.85. The van der Waals surface area contributed by atoms with Crippen molar-refractivity contribution in [1.29, 1.82) is 0 Å². The number of benzene rings is 1. The molecule has 0 saturated heterocycles. The van der Waals surface area contributed by atoms with Crippen molar-refractivity contribution in [2.75, 3.05) is 0 Å². The maximum atomic E-state index is 12.3. The van der Waals surface area contributed by atoms with Crippen molar-refractivity contribution in [3.63, 3.8) is 0 Å². The van der Waals surface area contributed by atoms with E-state index in [0.29, 0.717) is 10.6 Å². The third-order valence-electron chi connectivity index (χ3n) is 2.80. The number of halogens is 1. The van der Waals surface area contributed by atoms with Crippen LogP contribution in [-0.4, -0.2) is 11.8 Å². The number of ketones is 1. The first-order chi connectivity index (χ1) is 8.84. The lowest BCUT2D eigenvalue weighted by Gasteiger charge is -2.22. The molecule has 1 unspecified atom stereocenters. The number of ether oxygens (including phenoxy) is 2. The number of esters is 1. The van der Waals surface area contributed by atoms with E-state index < -0.39 is 17.4 Å². The standard InChI is InChI=1S/C13H12ClNO4/c1-7(16)18-10-11(17)13(2,19-12(10)15)8-4-3-5-9(14)6-8/h3-6H,15H2,1-2H3. The minimum absolute atomic E-state index is 0.206. The zero-order chi connectivity index (χ0) is 14.2. The van der Waals surface area contributed by atoms with Crippen LogP contribution in [0.15, 0.2) is 35.9 Å². The van der Waals surface area contributed by atoms with Gasteiger partial charge in [0, 0.05) is 17.5 Å². The van der Waals surface area contributed by atoms with Gasteiger partial charge >= 0.3 is 5.97 Å². The second kappa shape index (κ2) is 4.59. The number of hydrogen-bond acceptors (Lipinski definition) is 5. The molecule has 5 nitrogen and oxygen atoms in total. The summed E-state index contributed by atoms with van der Waals surface area (Å²) in [7, 11) is 0. The fraction of sp³-hybridized carbons (Fsp3) is 0.231. The Bertz CT molecular complexity index is 596. The van der Waals surface area contributed by atoms with Crippen LogP contribution in [0.3, 0.4) is 0 Å². The van der Waals surface area contributed by atoms with Crippen LogP contribution >= 0.6 is 11.6 Å². The van der Waals surface area contributed by atoms with Crippen molar-refractivity contribution in [3.8, 4) is 0 Å². The number of rotatable bonds is 2. The lowest BCUT2D eigenvalue weighted by molar-refractivity contribution is -0.142. The summed E-state index contributed by atoms with van der Waals surface area (Å²) in [6.45, 7) is 2.73. The minimum Gasteiger partial charge on any atom is -0.457 e. The average Bonchev–Trinajstić information content (AvgIpc) is 2.54. The summed E-state index contributed by atoms with van der Waals surface area (Å²) >= 11 is 5.89. The predicted molar refractivity (Wildman–Crippen MR) is 67.9 cm³/mol. The summed E-state index contributed by atoms with van der Waals surface area (Å²) in [5.74, 6) is -1.62. The molecule has 0 amide bonds. The highest BCUT2D eigenvalue weighted by atomic mass is 35.5. The SMILES string of the molecule is CC(=O)OC1=C(N)OC(C)(c2cccc(Cl)c2)C1=O. The van der Waals surface area contributed by atoms with Crippen LogP contribution in [0, 0.1) is 0 Å². The Kier molecular flexibility index (Phi) is 3.24. The second-order valence-electron chi connectivity index (χ2n) is 4.26. The molecule has 6 heteroatoms. The molecule has 0 aromatic heterocycles. The Morgan fingerprint density at radius 2 is 2.16 bits per heavy atom. The molecule has 100 valence electrons. The molecule has 0 radical (unpaired) electrons. The smallest absolute Gasteiger partial charge is 0.308 e. The molecule has 0 fully saturated rings. The maximum absolute atomic E-state index is 12.3. The second-order valence-corrected chi connectivity index (χ2v) is 4.70. The van der Waals surface area contributed by atoms with E-state index in [1.807, 2.05) is 0 Å². The number of nitrogens with two attached hydrogens (primary N) is 1. The highest BCUT2D eigenvalue weighted by molar-refractivity contribution is 6.30. The molecule has 0 aliphatic carbocycles. The summed E-state index contributed by atoms with van der Waals surface area (Å²) in [6, 6.07) is 6.66. The molecule has 1 aromatic carbocycles. The minimum atomic E-state index is -1.33. The molecule has 0 bridgehead atoms. The summed E-state index contributed by atoms with van der Waals surface area (Å²) in [4.78, 5) is 23.3. The molecule has 0 saturated carbocycles. The van der Waals surface area contributed by atoms with E-state index in [2.05, 4.69) is 0 Å². The van der Waals surface area contributed by atoms with E-state index >= 15 is 0 Å². The van der Waals surface area contributed by atoms with Crippen molar-refractivity contribution >= 4 is 23.4 Å². The van der Waals surface area contributed by atoms with E-state index in [0.717, 1.165) is 0 Å². The topological polar surface area (TPSA) is 78.6 Å². The normalized spacial score (nSPS) is 22.4. The van der Waals surface area contributed by atoms with Gasteiger partial charge in [-0.1, -0.05) is 23.7 Å². The number of Topliss-reactive ketones (excluding diaryl/α,β-unsaturated/α-hetero) is 1. The zero-order valence-corrected chi connectivity index (χ0v) is 11.2. The van der Waals surface area contributed by atoms with Crippen molar-refractivity contribution in [2.24, 2.45) is 5.73 Å². The quantitative estimate of drug-likeness (QED) is 0.837. The molecule has 1 aliphatic rings. The Morgan fingerprint density at radius 1 is 1.47 bits per heavy atom. The van der Waals surface area contributed by atoms with Crippen LogP contribution in [0.5, 0.6) is 0 Å². The molecular weight excluding hydrogens is 270 g/mol. The summed E-state index contributed by atoms with van der Waals surface area (Å²) < 4.78 is 10.2. The van der Waals surface area contributed by atoms with Gasteiger partial charge in [-0.05, 0) is 19.1 Å². The molecule has 1 atom stereocenters. The average molecular weight is 282 g/mol. The Labute approximate surface area is 114 Å². The third kappa shape index (κ3) is 2.29. The molecule has 2 N–H and O–H groups in total. The number of carbonyl (C=O) groups excluding carboxylic acids is 2. The van der Waals surface area contributed by atoms with Gasteiger partial charge < -0.3 is 15.2 Å². The molecule has 19 heavy (non-hydrogen) atoms. The van der Waals surface area contributed by atoms with Crippen molar-refractivity contribution in [2.45, 2.75) is 19.4 Å². The van der Waals surface area contributed by atoms with Crippen LogP contribution < -0.4 is 5.73 Å². The van der Waals surface area contributed by atoms with Crippen LogP contribution in [0.25, 0.3) is 0 Å². The first kappa shape index (κ1) is 13.4. The molecule has 1 aromatic rings. The first-order valence-corrected chi connectivity index (χ1v) is 5.90. The van der Waals surface area contributed by atoms with Crippen molar-refractivity contribution in [1.82, 2.24) is 0 Å². The molecule has 0 spiro atoms. The molecule has 1 heterocycles. The highest BCUT2D eigenvalue weighted by Crippen LogP contribution is 2.38. The van der Waals surface area contributed by atoms with E-state index in [1.54, 1.807) is 31.2 Å². The summed E-state index contributed by atoms with van der Waals surface area (Å²) in [6.07, 6.45) is 0. The van der Waals surface area contributed by atoms with Crippen LogP contribution in [0.2, 0.25) is 5.02 Å². The van der Waals surface area contributed by atoms with E-state index in [9.17, 15) is 9.59 Å². The van der Waals surface area contributed by atoms with Gasteiger partial charge in [-0.25, -0.2) is 0 Å². The number of hydrogen-bond donors (Lipinski definition) is 1. The molecule has 1 aliphatic heterocycles. The molecule has 2 rings (SSSR count). The van der Waals surface area contributed by atoms with Gasteiger partial charge in [0.1, 0.15) is 0 Å². The zero-order valence-electron chi connectivity index (χ0n) is 10.4. The largest absolute Gasteiger partial charge is 0.457 e. The van der Waals surface area contributed by atoms with Gasteiger partial charge in [-0.15, -0.1) is 0 Å². The van der Waals surface area contributed by atoms with Gasteiger partial charge in [0.05, 0.1) is 0 Å². The lowest BCUT2D eigenvalue weighted by Crippen LogP contribution is -2.31. The van der Waals surface area contributed by atoms with Gasteiger partial charge in [-0.3, -0.25) is 9.59 Å². The van der Waals surface area contributed by atoms with Gasteiger partial charge in [-0.2, -0.15) is 0 Å². The van der Waals surface area contributed by atoms with E-state index in [-0.39, 0.29) is 11.6 Å². The third-order valence-corrected chi connectivity index (χ3v) is 3.03. The Balaban J connectivity index is 2.39. The van der Waals surface area contributed by atoms with Crippen molar-refractivity contribution in [3.05, 3.63) is 46.5 Å².